The van der Waals surface area contributed by atoms with E-state index in [9.17, 15) is 9.59 Å². The zero-order valence-electron chi connectivity index (χ0n) is 24.8. The summed E-state index contributed by atoms with van der Waals surface area (Å²) in [7, 11) is 0. The molecule has 0 spiro atoms. The summed E-state index contributed by atoms with van der Waals surface area (Å²) in [5.74, 6) is 0.475. The average molecular weight is 534 g/mol. The zero-order valence-corrected chi connectivity index (χ0v) is 24.8. The Labute approximate surface area is 231 Å². The molecular formula is C31H43N5O3. The highest BCUT2D eigenvalue weighted by atomic mass is 16.3. The Kier molecular flexibility index (Phi) is 6.67. The monoisotopic (exact) mass is 533 g/mol. The summed E-state index contributed by atoms with van der Waals surface area (Å²) in [6.07, 6.45) is 4.66. The lowest BCUT2D eigenvalue weighted by Gasteiger charge is -2.46. The largest absolute Gasteiger partial charge is 0.449 e. The Morgan fingerprint density at radius 2 is 1.72 bits per heavy atom. The second-order valence-corrected chi connectivity index (χ2v) is 14.0. The van der Waals surface area contributed by atoms with E-state index in [1.54, 1.807) is 11.0 Å². The van der Waals surface area contributed by atoms with Crippen molar-refractivity contribution in [1.29, 1.82) is 0 Å². The van der Waals surface area contributed by atoms with E-state index in [2.05, 4.69) is 50.9 Å². The molecule has 0 atom stereocenters. The van der Waals surface area contributed by atoms with Crippen molar-refractivity contribution >= 4 is 22.9 Å². The van der Waals surface area contributed by atoms with Gasteiger partial charge in [-0.05, 0) is 69.4 Å². The van der Waals surface area contributed by atoms with E-state index in [1.807, 2.05) is 31.7 Å². The molecule has 0 bridgehead atoms. The van der Waals surface area contributed by atoms with Crippen LogP contribution >= 0.6 is 0 Å². The molecule has 0 aromatic carbocycles. The SMILES string of the molecule is Cc1cc(C(=O)N2CCN(C(=O)c3cc4nc(C5CCC(C)(C)CC5)cc(C(C)(C)C)c4o3)C(C)(C)C2)[nH]n1. The molecule has 1 aliphatic heterocycles. The molecule has 1 saturated carbocycles. The highest BCUT2D eigenvalue weighted by Crippen LogP contribution is 2.43. The number of amides is 2. The number of nitrogens with one attached hydrogen (secondary N) is 1. The lowest BCUT2D eigenvalue weighted by molar-refractivity contribution is 0.0148. The van der Waals surface area contributed by atoms with Crippen LogP contribution in [0, 0.1) is 12.3 Å². The van der Waals surface area contributed by atoms with Gasteiger partial charge in [-0.2, -0.15) is 5.10 Å². The molecule has 1 aliphatic carbocycles. The normalized spacial score (nSPS) is 20.0. The van der Waals surface area contributed by atoms with Crippen molar-refractivity contribution < 1.29 is 14.0 Å². The average Bonchev–Trinajstić information content (AvgIpc) is 3.47. The summed E-state index contributed by atoms with van der Waals surface area (Å²) in [6, 6.07) is 5.79. The molecule has 8 heteroatoms. The summed E-state index contributed by atoms with van der Waals surface area (Å²) in [5.41, 5.74) is 4.58. The van der Waals surface area contributed by atoms with Gasteiger partial charge >= 0.3 is 0 Å². The van der Waals surface area contributed by atoms with Crippen LogP contribution in [0.25, 0.3) is 11.1 Å². The van der Waals surface area contributed by atoms with Crippen molar-refractivity contribution in [3.8, 4) is 0 Å². The van der Waals surface area contributed by atoms with Crippen LogP contribution in [0.3, 0.4) is 0 Å². The molecule has 1 N–H and O–H groups in total. The molecule has 1 saturated heterocycles. The molecule has 0 radical (unpaired) electrons. The van der Waals surface area contributed by atoms with Gasteiger partial charge in [-0.25, -0.2) is 4.98 Å². The smallest absolute Gasteiger partial charge is 0.290 e. The minimum absolute atomic E-state index is 0.0999. The number of carbonyl (C=O) groups is 2. The van der Waals surface area contributed by atoms with E-state index in [-0.39, 0.29) is 17.2 Å². The number of aryl methyl sites for hydroxylation is 1. The quantitative estimate of drug-likeness (QED) is 0.431. The molecule has 0 unspecified atom stereocenters. The lowest BCUT2D eigenvalue weighted by Crippen LogP contribution is -2.62. The van der Waals surface area contributed by atoms with Crippen molar-refractivity contribution in [2.75, 3.05) is 19.6 Å². The van der Waals surface area contributed by atoms with Gasteiger partial charge in [0.15, 0.2) is 11.3 Å². The molecule has 4 heterocycles. The third-order valence-corrected chi connectivity index (χ3v) is 8.65. The second-order valence-electron chi connectivity index (χ2n) is 14.0. The number of aromatic amines is 1. The minimum atomic E-state index is -0.570. The van der Waals surface area contributed by atoms with Crippen molar-refractivity contribution in [3.63, 3.8) is 0 Å². The van der Waals surface area contributed by atoms with E-state index < -0.39 is 5.54 Å². The number of hydrogen-bond acceptors (Lipinski definition) is 5. The number of H-pyrrole nitrogens is 1. The Hall–Kier alpha value is -3.16. The Morgan fingerprint density at radius 3 is 2.31 bits per heavy atom. The molecule has 2 aliphatic rings. The van der Waals surface area contributed by atoms with Gasteiger partial charge in [-0.15, -0.1) is 0 Å². The first kappa shape index (κ1) is 27.4. The van der Waals surface area contributed by atoms with Crippen LogP contribution in [0.5, 0.6) is 0 Å². The number of pyridine rings is 1. The minimum Gasteiger partial charge on any atom is -0.449 e. The number of fused-ring (bicyclic) bond motifs is 1. The number of furan rings is 1. The lowest BCUT2D eigenvalue weighted by atomic mass is 9.72. The number of piperazine rings is 1. The standard InChI is InChI=1S/C31H43N5O3/c1-19-15-24(34-33-19)27(37)35-13-14-36(31(7,8)18-35)28(38)25-17-23-26(39-25)21(29(2,3)4)16-22(32-23)20-9-11-30(5,6)12-10-20/h15-17,20H,9-14,18H2,1-8H3,(H,33,34). The predicted octanol–water partition coefficient (Wildman–Crippen LogP) is 6.22. The second kappa shape index (κ2) is 9.49. The fraction of sp³-hybridized carbons (Fsp3) is 0.613. The Balaban J connectivity index is 1.41. The van der Waals surface area contributed by atoms with Gasteiger partial charge in [-0.1, -0.05) is 34.6 Å². The maximum absolute atomic E-state index is 13.8. The van der Waals surface area contributed by atoms with Crippen LogP contribution in [-0.4, -0.2) is 62.0 Å². The molecule has 2 amide bonds. The summed E-state index contributed by atoms with van der Waals surface area (Å²) < 4.78 is 6.31. The van der Waals surface area contributed by atoms with Crippen LogP contribution in [0.4, 0.5) is 0 Å². The van der Waals surface area contributed by atoms with Gasteiger partial charge in [-0.3, -0.25) is 14.7 Å². The van der Waals surface area contributed by atoms with Crippen LogP contribution in [0.15, 0.2) is 22.6 Å². The van der Waals surface area contributed by atoms with E-state index in [1.165, 1.54) is 12.8 Å². The zero-order chi connectivity index (χ0) is 28.3. The topological polar surface area (TPSA) is 95.3 Å². The van der Waals surface area contributed by atoms with Crippen molar-refractivity contribution in [1.82, 2.24) is 25.0 Å². The van der Waals surface area contributed by atoms with Gasteiger partial charge in [0.05, 0.1) is 11.2 Å². The number of carbonyl (C=O) groups excluding carboxylic acids is 2. The number of rotatable bonds is 3. The maximum atomic E-state index is 13.8. The predicted molar refractivity (Wildman–Crippen MR) is 152 cm³/mol. The summed E-state index contributed by atoms with van der Waals surface area (Å²) in [6.45, 7) is 18.4. The fourth-order valence-electron chi connectivity index (χ4n) is 6.15. The van der Waals surface area contributed by atoms with Gasteiger partial charge in [0, 0.05) is 42.9 Å². The van der Waals surface area contributed by atoms with Gasteiger partial charge in [0.2, 0.25) is 0 Å². The first-order valence-electron chi connectivity index (χ1n) is 14.2. The van der Waals surface area contributed by atoms with Crippen LogP contribution in [-0.2, 0) is 5.41 Å². The Morgan fingerprint density at radius 1 is 1.03 bits per heavy atom. The Bertz CT molecular complexity index is 1400. The highest BCUT2D eigenvalue weighted by molar-refractivity contribution is 5.97. The number of hydrogen-bond donors (Lipinski definition) is 1. The number of nitrogens with zero attached hydrogens (tertiary/aromatic N) is 4. The summed E-state index contributed by atoms with van der Waals surface area (Å²) in [4.78, 5) is 35.5. The third kappa shape index (κ3) is 5.35. The van der Waals surface area contributed by atoms with Gasteiger partial charge in [0.25, 0.3) is 11.8 Å². The van der Waals surface area contributed by atoms with Crippen LogP contribution in [0.1, 0.15) is 118 Å². The molecule has 2 fully saturated rings. The molecule has 3 aromatic heterocycles. The molecule has 39 heavy (non-hydrogen) atoms. The van der Waals surface area contributed by atoms with E-state index in [4.69, 9.17) is 9.40 Å². The van der Waals surface area contributed by atoms with Crippen LogP contribution in [0.2, 0.25) is 0 Å². The van der Waals surface area contributed by atoms with Crippen molar-refractivity contribution in [3.05, 3.63) is 46.6 Å². The van der Waals surface area contributed by atoms with Gasteiger partial charge in [0.1, 0.15) is 11.2 Å². The summed E-state index contributed by atoms with van der Waals surface area (Å²) >= 11 is 0. The third-order valence-electron chi connectivity index (χ3n) is 8.65. The molecule has 210 valence electrons. The summed E-state index contributed by atoms with van der Waals surface area (Å²) in [5, 5.41) is 6.89. The maximum Gasteiger partial charge on any atom is 0.290 e. The van der Waals surface area contributed by atoms with Crippen LogP contribution < -0.4 is 0 Å². The first-order chi connectivity index (χ1) is 18.1. The number of aromatic nitrogens is 3. The highest BCUT2D eigenvalue weighted by Gasteiger charge is 2.40. The van der Waals surface area contributed by atoms with E-state index in [0.29, 0.717) is 48.0 Å². The van der Waals surface area contributed by atoms with Gasteiger partial charge < -0.3 is 14.2 Å². The first-order valence-corrected chi connectivity index (χ1v) is 14.2. The van der Waals surface area contributed by atoms with Crippen molar-refractivity contribution in [2.45, 2.75) is 97.9 Å². The van der Waals surface area contributed by atoms with E-state index in [0.717, 1.165) is 35.3 Å². The molecular weight excluding hydrogens is 490 g/mol. The molecule has 3 aromatic rings. The van der Waals surface area contributed by atoms with Crippen molar-refractivity contribution in [2.24, 2.45) is 5.41 Å². The molecule has 8 nitrogen and oxygen atoms in total. The fourth-order valence-corrected chi connectivity index (χ4v) is 6.15. The van der Waals surface area contributed by atoms with E-state index >= 15 is 0 Å². The molecule has 5 rings (SSSR count).